The first kappa shape index (κ1) is 57.5. The molecule has 0 rings (SSSR count). The van der Waals surface area contributed by atoms with Crippen molar-refractivity contribution in [3.05, 3.63) is 0 Å². The molecule has 0 aromatic heterocycles. The van der Waals surface area contributed by atoms with E-state index in [2.05, 4.69) is 47.5 Å². The first-order valence-electron chi connectivity index (χ1n) is 21.6. The van der Waals surface area contributed by atoms with E-state index in [1.54, 1.807) is 27.7 Å². The average Bonchev–Trinajstić information content (AvgIpc) is 3.17. The van der Waals surface area contributed by atoms with E-state index in [1.165, 1.54) is 27.7 Å². The molecule has 0 aliphatic rings. The predicted molar refractivity (Wildman–Crippen MR) is 237 cm³/mol. The van der Waals surface area contributed by atoms with Gasteiger partial charge in [0.25, 0.3) is 0 Å². The van der Waals surface area contributed by atoms with Gasteiger partial charge in [0.05, 0.1) is 6.04 Å². The van der Waals surface area contributed by atoms with E-state index in [9.17, 15) is 48.3 Å². The minimum atomic E-state index is -1.26. The van der Waals surface area contributed by atoms with Crippen LogP contribution in [0.2, 0.25) is 0 Å². The van der Waals surface area contributed by atoms with Crippen LogP contribution in [0.3, 0.4) is 0 Å². The highest BCUT2D eigenvalue weighted by Crippen LogP contribution is 2.12. The maximum absolute atomic E-state index is 13.6. The molecule has 0 aromatic rings. The number of hydrogen-bond donors (Lipinski definition) is 12. The highest BCUT2D eigenvalue weighted by atomic mass is 16.4. The highest BCUT2D eigenvalue weighted by Gasteiger charge is 2.35. The summed E-state index contributed by atoms with van der Waals surface area (Å²) < 4.78 is 0. The van der Waals surface area contributed by atoms with Gasteiger partial charge in [0.2, 0.25) is 47.3 Å². The van der Waals surface area contributed by atoms with E-state index >= 15 is 0 Å². The third-order valence-corrected chi connectivity index (χ3v) is 10.0. The topological polar surface area (TPSA) is 361 Å². The Morgan fingerprint density at radius 3 is 1.38 bits per heavy atom. The Bertz CT molecular complexity index is 1600. The number of rotatable bonds is 28. The van der Waals surface area contributed by atoms with Gasteiger partial charge in [-0.3, -0.25) is 48.1 Å². The van der Waals surface area contributed by atoms with Gasteiger partial charge in [-0.1, -0.05) is 61.8 Å². The van der Waals surface area contributed by atoms with Gasteiger partial charge in [-0.25, -0.2) is 0 Å². The summed E-state index contributed by atoms with van der Waals surface area (Å²) in [4.78, 5) is 121. The molecule has 0 unspecified atom stereocenters. The fourth-order valence-corrected chi connectivity index (χ4v) is 5.95. The van der Waals surface area contributed by atoms with Crippen molar-refractivity contribution in [1.29, 1.82) is 0 Å². The lowest BCUT2D eigenvalue weighted by atomic mass is 9.96. The molecule has 22 heteroatoms. The second-order valence-corrected chi connectivity index (χ2v) is 17.3. The number of nitrogens with zero attached hydrogens (tertiary/aromatic N) is 1. The lowest BCUT2D eigenvalue weighted by molar-refractivity contribution is -0.142. The van der Waals surface area contributed by atoms with Crippen molar-refractivity contribution in [2.24, 2.45) is 45.9 Å². The molecular formula is C41H76N12O10. The summed E-state index contributed by atoms with van der Waals surface area (Å²) in [6.45, 7) is 19.9. The molecule has 0 heterocycles. The largest absolute Gasteiger partial charge is 0.480 e. The van der Waals surface area contributed by atoms with Crippen LogP contribution in [0.4, 0.5) is 0 Å². The van der Waals surface area contributed by atoms with Crippen molar-refractivity contribution < 1.29 is 48.3 Å². The summed E-state index contributed by atoms with van der Waals surface area (Å²) in [5.74, 6) is -7.77. The number of hydrogen-bond acceptors (Lipinski definition) is 11. The van der Waals surface area contributed by atoms with Crippen LogP contribution < -0.4 is 59.7 Å². The summed E-state index contributed by atoms with van der Waals surface area (Å²) in [5.41, 5.74) is 16.9. The number of aliphatic carboxylic acids is 1. The van der Waals surface area contributed by atoms with Gasteiger partial charge in [-0.15, -0.1) is 0 Å². The fraction of sp³-hybridized carbons (Fsp3) is 0.756. The third kappa shape index (κ3) is 21.9. The number of carboxylic acid groups (broad SMARTS) is 1. The molecule has 8 amide bonds. The number of nitrogens with one attached hydrogen (secondary N) is 8. The van der Waals surface area contributed by atoms with Crippen molar-refractivity contribution >= 4 is 59.2 Å². The van der Waals surface area contributed by atoms with Gasteiger partial charge in [0.1, 0.15) is 48.3 Å². The zero-order valence-electron chi connectivity index (χ0n) is 39.0. The van der Waals surface area contributed by atoms with Crippen LogP contribution in [-0.2, 0) is 43.2 Å². The Morgan fingerprint density at radius 2 is 0.921 bits per heavy atom. The van der Waals surface area contributed by atoms with Crippen LogP contribution in [0, 0.1) is 23.7 Å². The molecular weight excluding hydrogens is 821 g/mol. The Morgan fingerprint density at radius 1 is 0.508 bits per heavy atom. The Balaban J connectivity index is 5.94. The molecule has 360 valence electrons. The number of carboxylic acids is 1. The number of carbonyl (C=O) groups excluding carboxylic acids is 8. The summed E-state index contributed by atoms with van der Waals surface area (Å²) in [7, 11) is 0. The fourth-order valence-electron chi connectivity index (χ4n) is 5.95. The molecule has 10 atom stereocenters. The lowest BCUT2D eigenvalue weighted by Gasteiger charge is -2.29. The van der Waals surface area contributed by atoms with Gasteiger partial charge in [0, 0.05) is 6.54 Å². The molecule has 15 N–H and O–H groups in total. The first-order valence-corrected chi connectivity index (χ1v) is 21.6. The van der Waals surface area contributed by atoms with Gasteiger partial charge < -0.3 is 64.8 Å². The molecule has 0 bridgehead atoms. The Labute approximate surface area is 371 Å². The van der Waals surface area contributed by atoms with Gasteiger partial charge in [-0.2, -0.15) is 0 Å². The molecule has 0 radical (unpaired) electrons. The molecule has 22 nitrogen and oxygen atoms in total. The van der Waals surface area contributed by atoms with Crippen molar-refractivity contribution in [3.63, 3.8) is 0 Å². The number of carbonyl (C=O) groups is 9. The molecule has 0 aliphatic heterocycles. The van der Waals surface area contributed by atoms with Crippen LogP contribution in [-0.4, -0.2) is 125 Å². The number of aliphatic imine (C=N–C) groups is 1. The number of guanidine groups is 1. The summed E-state index contributed by atoms with van der Waals surface area (Å²) in [6, 6.07) is -10.2. The Hall–Kier alpha value is -5.54. The van der Waals surface area contributed by atoms with Crippen molar-refractivity contribution in [2.45, 2.75) is 170 Å². The number of amides is 8. The standard InChI is InChI=1S/C41H76N12O10/c1-13-22(8)31(39(61)52-30(21(6)7)38(60)49-26(12)40(62)63)53-34(56)25(11)47-36(58)28(15-14-16-45-41(43)44)50-33(55)24(10)46-32(54)23(9)48-37(59)29(18-20(4)5)51-35(57)27(42)17-19(2)3/h19-31H,13-18,42H2,1-12H3,(H,46,54)(H,47,58)(H,48,59)(H,49,60)(H,50,55)(H,51,57)(H,52,61)(H,53,56)(H,62,63)(H4,43,44,45)/t22-,23-,24-,25-,26-,27-,28-,29-,30-,31-/m0/s1. The summed E-state index contributed by atoms with van der Waals surface area (Å²) >= 11 is 0. The van der Waals surface area contributed by atoms with Crippen LogP contribution in [0.25, 0.3) is 0 Å². The minimum absolute atomic E-state index is 0.00332. The second-order valence-electron chi connectivity index (χ2n) is 17.3. The van der Waals surface area contributed by atoms with E-state index in [4.69, 9.17) is 17.2 Å². The molecule has 0 aliphatic carbocycles. The van der Waals surface area contributed by atoms with E-state index in [0.29, 0.717) is 12.8 Å². The molecule has 0 spiro atoms. The number of nitrogens with two attached hydrogens (primary N) is 3. The first-order chi connectivity index (χ1) is 29.1. The smallest absolute Gasteiger partial charge is 0.325 e. The van der Waals surface area contributed by atoms with Crippen LogP contribution in [0.5, 0.6) is 0 Å². The van der Waals surface area contributed by atoms with Gasteiger partial charge >= 0.3 is 5.97 Å². The maximum Gasteiger partial charge on any atom is 0.325 e. The zero-order chi connectivity index (χ0) is 48.9. The van der Waals surface area contributed by atoms with Crippen LogP contribution in [0.15, 0.2) is 4.99 Å². The van der Waals surface area contributed by atoms with Crippen molar-refractivity contribution in [2.75, 3.05) is 6.54 Å². The van der Waals surface area contributed by atoms with Crippen molar-refractivity contribution in [3.8, 4) is 0 Å². The molecule has 0 saturated carbocycles. The maximum atomic E-state index is 13.6. The highest BCUT2D eigenvalue weighted by molar-refractivity contribution is 5.98. The van der Waals surface area contributed by atoms with E-state index in [-0.39, 0.29) is 43.6 Å². The van der Waals surface area contributed by atoms with E-state index in [1.807, 2.05) is 27.7 Å². The van der Waals surface area contributed by atoms with E-state index < -0.39 is 119 Å². The minimum Gasteiger partial charge on any atom is -0.480 e. The molecule has 0 saturated heterocycles. The zero-order valence-corrected chi connectivity index (χ0v) is 39.0. The summed E-state index contributed by atoms with van der Waals surface area (Å²) in [6.07, 6.45) is 1.33. The monoisotopic (exact) mass is 897 g/mol. The second kappa shape index (κ2) is 28.2. The molecule has 0 aromatic carbocycles. The van der Waals surface area contributed by atoms with Crippen LogP contribution >= 0.6 is 0 Å². The van der Waals surface area contributed by atoms with Gasteiger partial charge in [0.15, 0.2) is 5.96 Å². The molecule has 63 heavy (non-hydrogen) atoms. The molecule has 0 fully saturated rings. The van der Waals surface area contributed by atoms with E-state index in [0.717, 1.165) is 0 Å². The van der Waals surface area contributed by atoms with Crippen molar-refractivity contribution in [1.82, 2.24) is 42.5 Å². The normalized spacial score (nSPS) is 16.0. The quantitative estimate of drug-likeness (QED) is 0.0235. The third-order valence-electron chi connectivity index (χ3n) is 10.0. The predicted octanol–water partition coefficient (Wildman–Crippen LogP) is -1.80. The average molecular weight is 897 g/mol. The summed E-state index contributed by atoms with van der Waals surface area (Å²) in [5, 5.41) is 29.7. The van der Waals surface area contributed by atoms with Gasteiger partial charge in [-0.05, 0) is 77.0 Å². The SMILES string of the molecule is CC[C@H](C)[C@H](NC(=O)[C@H](C)NC(=O)[C@H](CCCN=C(N)N)NC(=O)[C@H](C)NC(=O)[C@H](C)NC(=O)[C@H](CC(C)C)NC(=O)[C@@H](N)CC(C)C)C(=O)N[C@H](C(=O)N[C@@H](C)C(=O)O)C(C)C. The van der Waals surface area contributed by atoms with Crippen LogP contribution in [0.1, 0.15) is 115 Å². The lowest BCUT2D eigenvalue weighted by Crippen LogP contribution is -2.60. The Kier molecular flexibility index (Phi) is 25.7.